The molecular weight excluding hydrogens is 223 g/mol. The summed E-state index contributed by atoms with van der Waals surface area (Å²) in [6.07, 6.45) is -4.99. The molecule has 0 rings (SSSR count). The Kier molecular flexibility index (Phi) is 6.17. The number of rotatable bonds is 6. The number of oxime groups is 1. The third-order valence-electron chi connectivity index (χ3n) is 2.31. The highest BCUT2D eigenvalue weighted by Gasteiger charge is 2.27. The van der Waals surface area contributed by atoms with E-state index in [0.29, 0.717) is 13.1 Å². The number of hydrogen-bond acceptors (Lipinski definition) is 3. The Morgan fingerprint density at radius 3 is 2.44 bits per heavy atom. The van der Waals surface area contributed by atoms with Crippen LogP contribution in [-0.4, -0.2) is 41.8 Å². The van der Waals surface area contributed by atoms with Crippen LogP contribution in [0.2, 0.25) is 0 Å². The first-order valence-corrected chi connectivity index (χ1v) is 5.06. The van der Waals surface area contributed by atoms with Gasteiger partial charge in [-0.2, -0.15) is 13.2 Å². The predicted molar refractivity (Wildman–Crippen MR) is 55.4 cm³/mol. The summed E-state index contributed by atoms with van der Waals surface area (Å²) in [5.41, 5.74) is 5.35. The first-order chi connectivity index (χ1) is 7.30. The zero-order valence-electron chi connectivity index (χ0n) is 9.46. The van der Waals surface area contributed by atoms with Crippen LogP contribution in [0.25, 0.3) is 0 Å². The largest absolute Gasteiger partial charge is 0.409 e. The molecule has 1 unspecified atom stereocenters. The molecule has 0 bridgehead atoms. The predicted octanol–water partition coefficient (Wildman–Crippen LogP) is 1.64. The molecule has 0 aliphatic carbocycles. The van der Waals surface area contributed by atoms with Crippen molar-refractivity contribution in [3.05, 3.63) is 0 Å². The molecule has 0 saturated heterocycles. The van der Waals surface area contributed by atoms with Crippen LogP contribution in [0.5, 0.6) is 0 Å². The summed E-state index contributed by atoms with van der Waals surface area (Å²) in [5.74, 6) is -0.233. The lowest BCUT2D eigenvalue weighted by atomic mass is 10.1. The molecule has 4 nitrogen and oxygen atoms in total. The lowest BCUT2D eigenvalue weighted by molar-refractivity contribution is -0.138. The van der Waals surface area contributed by atoms with E-state index in [0.717, 1.165) is 0 Å². The van der Waals surface area contributed by atoms with Crippen LogP contribution in [0.4, 0.5) is 13.2 Å². The van der Waals surface area contributed by atoms with Gasteiger partial charge in [-0.15, -0.1) is 0 Å². The van der Waals surface area contributed by atoms with Crippen molar-refractivity contribution < 1.29 is 18.4 Å². The summed E-state index contributed by atoms with van der Waals surface area (Å²) in [7, 11) is 0. The summed E-state index contributed by atoms with van der Waals surface area (Å²) in [4.78, 5) is 1.62. The highest BCUT2D eigenvalue weighted by atomic mass is 19.4. The third-order valence-corrected chi connectivity index (χ3v) is 2.31. The van der Waals surface area contributed by atoms with Crippen molar-refractivity contribution in [1.29, 1.82) is 0 Å². The Bertz CT molecular complexity index is 231. The Balaban J connectivity index is 4.11. The Morgan fingerprint density at radius 1 is 1.50 bits per heavy atom. The molecule has 0 aliphatic rings. The van der Waals surface area contributed by atoms with Gasteiger partial charge in [0.05, 0.1) is 6.42 Å². The van der Waals surface area contributed by atoms with Crippen molar-refractivity contribution in [3.63, 3.8) is 0 Å². The Morgan fingerprint density at radius 2 is 2.06 bits per heavy atom. The monoisotopic (exact) mass is 241 g/mol. The molecule has 7 heteroatoms. The fraction of sp³-hybridized carbons (Fsp3) is 0.889. The van der Waals surface area contributed by atoms with Crippen molar-refractivity contribution in [1.82, 2.24) is 4.90 Å². The van der Waals surface area contributed by atoms with Gasteiger partial charge in [-0.1, -0.05) is 19.0 Å². The van der Waals surface area contributed by atoms with E-state index < -0.39 is 12.6 Å². The lowest BCUT2D eigenvalue weighted by Gasteiger charge is -2.24. The maximum atomic E-state index is 12.0. The molecule has 0 amide bonds. The van der Waals surface area contributed by atoms with Gasteiger partial charge in [0.15, 0.2) is 0 Å². The zero-order chi connectivity index (χ0) is 12.8. The minimum absolute atomic E-state index is 0.0328. The van der Waals surface area contributed by atoms with Gasteiger partial charge in [0.1, 0.15) is 5.84 Å². The SMILES string of the molecule is CCN(CCC(F)(F)F)CC(C)C(N)=NO. The highest BCUT2D eigenvalue weighted by Crippen LogP contribution is 2.19. The molecule has 0 fully saturated rings. The summed E-state index contributed by atoms with van der Waals surface area (Å²) >= 11 is 0. The molecule has 0 spiro atoms. The molecule has 0 aromatic carbocycles. The molecule has 1 atom stereocenters. The van der Waals surface area contributed by atoms with Crippen LogP contribution in [0.1, 0.15) is 20.3 Å². The van der Waals surface area contributed by atoms with Gasteiger partial charge in [0, 0.05) is 19.0 Å². The minimum Gasteiger partial charge on any atom is -0.409 e. The summed E-state index contributed by atoms with van der Waals surface area (Å²) in [6.45, 7) is 4.26. The molecule has 16 heavy (non-hydrogen) atoms. The normalized spacial score (nSPS) is 15.5. The molecule has 0 radical (unpaired) electrons. The van der Waals surface area contributed by atoms with Crippen molar-refractivity contribution in [3.8, 4) is 0 Å². The van der Waals surface area contributed by atoms with Gasteiger partial charge < -0.3 is 15.8 Å². The second-order valence-corrected chi connectivity index (χ2v) is 3.68. The number of nitrogens with zero attached hydrogens (tertiary/aromatic N) is 2. The van der Waals surface area contributed by atoms with Crippen LogP contribution in [0.15, 0.2) is 5.16 Å². The molecule has 0 saturated carbocycles. The fourth-order valence-corrected chi connectivity index (χ4v) is 1.24. The molecule has 0 heterocycles. The number of nitrogens with two attached hydrogens (primary N) is 1. The van der Waals surface area contributed by atoms with Crippen molar-refractivity contribution in [2.24, 2.45) is 16.8 Å². The smallest absolute Gasteiger partial charge is 0.390 e. The zero-order valence-corrected chi connectivity index (χ0v) is 9.46. The molecule has 96 valence electrons. The standard InChI is InChI=1S/C9H18F3N3O/c1-3-15(5-4-9(10,11)12)6-7(2)8(13)14-16/h7,16H,3-6H2,1-2H3,(H2,13,14). The van der Waals surface area contributed by atoms with Gasteiger partial charge in [-0.3, -0.25) is 0 Å². The van der Waals surface area contributed by atoms with E-state index in [-0.39, 0.29) is 18.3 Å². The molecule has 0 aromatic heterocycles. The van der Waals surface area contributed by atoms with Gasteiger partial charge >= 0.3 is 6.18 Å². The van der Waals surface area contributed by atoms with Crippen molar-refractivity contribution in [2.75, 3.05) is 19.6 Å². The van der Waals surface area contributed by atoms with Crippen LogP contribution < -0.4 is 5.73 Å². The summed E-state index contributed by atoms with van der Waals surface area (Å²) in [6, 6.07) is 0. The number of hydrogen-bond donors (Lipinski definition) is 2. The molecule has 3 N–H and O–H groups in total. The quantitative estimate of drug-likeness (QED) is 0.321. The third kappa shape index (κ3) is 6.49. The number of amidine groups is 1. The number of halogens is 3. The molecule has 0 aromatic rings. The Hall–Kier alpha value is -0.980. The van der Waals surface area contributed by atoms with Gasteiger partial charge in [-0.25, -0.2) is 0 Å². The van der Waals surface area contributed by atoms with Crippen molar-refractivity contribution in [2.45, 2.75) is 26.4 Å². The summed E-state index contributed by atoms with van der Waals surface area (Å²) in [5, 5.41) is 11.2. The van der Waals surface area contributed by atoms with E-state index in [1.165, 1.54) is 0 Å². The topological polar surface area (TPSA) is 61.8 Å². The van der Waals surface area contributed by atoms with E-state index in [4.69, 9.17) is 10.9 Å². The maximum Gasteiger partial charge on any atom is 0.390 e. The van der Waals surface area contributed by atoms with Crippen LogP contribution in [-0.2, 0) is 0 Å². The minimum atomic E-state index is -4.15. The first kappa shape index (κ1) is 15.0. The van der Waals surface area contributed by atoms with E-state index in [1.54, 1.807) is 18.7 Å². The van der Waals surface area contributed by atoms with Crippen molar-refractivity contribution >= 4 is 5.84 Å². The highest BCUT2D eigenvalue weighted by molar-refractivity contribution is 5.82. The maximum absolute atomic E-state index is 12.0. The Labute approximate surface area is 92.9 Å². The lowest BCUT2D eigenvalue weighted by Crippen LogP contribution is -2.36. The van der Waals surface area contributed by atoms with Gasteiger partial charge in [0.2, 0.25) is 0 Å². The van der Waals surface area contributed by atoms with Gasteiger partial charge in [0.25, 0.3) is 0 Å². The van der Waals surface area contributed by atoms with E-state index in [2.05, 4.69) is 5.16 Å². The summed E-state index contributed by atoms with van der Waals surface area (Å²) < 4.78 is 36.0. The number of alkyl halides is 3. The average molecular weight is 241 g/mol. The average Bonchev–Trinajstić information content (AvgIpc) is 2.21. The van der Waals surface area contributed by atoms with E-state index in [9.17, 15) is 13.2 Å². The van der Waals surface area contributed by atoms with Crippen LogP contribution >= 0.6 is 0 Å². The van der Waals surface area contributed by atoms with E-state index in [1.807, 2.05) is 0 Å². The van der Waals surface area contributed by atoms with Gasteiger partial charge in [-0.05, 0) is 6.54 Å². The van der Waals surface area contributed by atoms with Crippen LogP contribution in [0.3, 0.4) is 0 Å². The van der Waals surface area contributed by atoms with Crippen LogP contribution in [0, 0.1) is 5.92 Å². The molecular formula is C9H18F3N3O. The second-order valence-electron chi connectivity index (χ2n) is 3.68. The second kappa shape index (κ2) is 6.57. The van der Waals surface area contributed by atoms with E-state index >= 15 is 0 Å². The first-order valence-electron chi connectivity index (χ1n) is 5.06. The fourth-order valence-electron chi connectivity index (χ4n) is 1.24. The molecule has 0 aliphatic heterocycles.